The number of aromatic nitrogens is 2. The van der Waals surface area contributed by atoms with E-state index in [4.69, 9.17) is 5.11 Å². The molecule has 88 valence electrons. The maximum Gasteiger partial charge on any atom is 0.356 e. The number of carboxylic acid groups (broad SMARTS) is 1. The lowest BCUT2D eigenvalue weighted by Crippen LogP contribution is -2.42. The molecule has 0 bridgehead atoms. The summed E-state index contributed by atoms with van der Waals surface area (Å²) in [6, 6.07) is 1.69. The van der Waals surface area contributed by atoms with Gasteiger partial charge in [0.2, 0.25) is 0 Å². The molecular formula is C11H17N3O2. The average molecular weight is 223 g/mol. The Kier molecular flexibility index (Phi) is 2.71. The number of hydrogen-bond donors (Lipinski definition) is 2. The van der Waals surface area contributed by atoms with Crippen LogP contribution in [0.3, 0.4) is 0 Å². The van der Waals surface area contributed by atoms with E-state index in [0.717, 1.165) is 31.6 Å². The van der Waals surface area contributed by atoms with Crippen LogP contribution in [-0.4, -0.2) is 33.9 Å². The standard InChI is InChI=1S/C11H17N3O2/c1-11(4-3-5-12-7-11)9-6-8(10(15)16)13-14(9)2/h6,12H,3-5,7H2,1-2H3,(H,15,16). The molecule has 0 spiro atoms. The summed E-state index contributed by atoms with van der Waals surface area (Å²) >= 11 is 0. The van der Waals surface area contributed by atoms with Gasteiger partial charge in [0.1, 0.15) is 0 Å². The molecule has 1 aliphatic heterocycles. The predicted molar refractivity (Wildman–Crippen MR) is 59.6 cm³/mol. The van der Waals surface area contributed by atoms with Crippen molar-refractivity contribution in [3.63, 3.8) is 0 Å². The van der Waals surface area contributed by atoms with Crippen molar-refractivity contribution in [1.82, 2.24) is 15.1 Å². The van der Waals surface area contributed by atoms with Gasteiger partial charge < -0.3 is 10.4 Å². The normalized spacial score (nSPS) is 25.6. The van der Waals surface area contributed by atoms with Crippen LogP contribution in [0.5, 0.6) is 0 Å². The highest BCUT2D eigenvalue weighted by atomic mass is 16.4. The number of aromatic carboxylic acids is 1. The smallest absolute Gasteiger partial charge is 0.356 e. The van der Waals surface area contributed by atoms with Crippen LogP contribution in [0, 0.1) is 0 Å². The van der Waals surface area contributed by atoms with Crippen molar-refractivity contribution in [3.8, 4) is 0 Å². The molecule has 1 aromatic rings. The first-order valence-corrected chi connectivity index (χ1v) is 5.51. The van der Waals surface area contributed by atoms with Crippen molar-refractivity contribution >= 4 is 5.97 Å². The van der Waals surface area contributed by atoms with Gasteiger partial charge in [-0.15, -0.1) is 0 Å². The summed E-state index contributed by atoms with van der Waals surface area (Å²) < 4.78 is 1.69. The van der Waals surface area contributed by atoms with E-state index < -0.39 is 5.97 Å². The van der Waals surface area contributed by atoms with Crippen molar-refractivity contribution in [2.75, 3.05) is 13.1 Å². The second-order valence-corrected chi connectivity index (χ2v) is 4.68. The van der Waals surface area contributed by atoms with E-state index >= 15 is 0 Å². The molecule has 2 rings (SSSR count). The molecule has 0 radical (unpaired) electrons. The lowest BCUT2D eigenvalue weighted by molar-refractivity contribution is 0.0689. The number of carbonyl (C=O) groups is 1. The summed E-state index contributed by atoms with van der Waals surface area (Å²) in [6.45, 7) is 4.08. The monoisotopic (exact) mass is 223 g/mol. The molecule has 1 saturated heterocycles. The minimum Gasteiger partial charge on any atom is -0.476 e. The first-order chi connectivity index (χ1) is 7.53. The fourth-order valence-electron chi connectivity index (χ4n) is 2.41. The molecular weight excluding hydrogens is 206 g/mol. The predicted octanol–water partition coefficient (Wildman–Crippen LogP) is 0.759. The quantitative estimate of drug-likeness (QED) is 0.776. The lowest BCUT2D eigenvalue weighted by atomic mass is 9.79. The van der Waals surface area contributed by atoms with Crippen LogP contribution >= 0.6 is 0 Å². The number of carboxylic acids is 1. The number of nitrogens with one attached hydrogen (secondary N) is 1. The molecule has 0 amide bonds. The Morgan fingerprint density at radius 1 is 1.69 bits per heavy atom. The Bertz CT molecular complexity index is 405. The second kappa shape index (κ2) is 3.90. The molecule has 2 heterocycles. The third-order valence-electron chi connectivity index (χ3n) is 3.31. The van der Waals surface area contributed by atoms with Gasteiger partial charge in [0, 0.05) is 24.7 Å². The Hall–Kier alpha value is -1.36. The summed E-state index contributed by atoms with van der Waals surface area (Å²) in [5.41, 5.74) is 1.12. The Morgan fingerprint density at radius 2 is 2.44 bits per heavy atom. The van der Waals surface area contributed by atoms with Gasteiger partial charge in [0.05, 0.1) is 0 Å². The van der Waals surface area contributed by atoms with Gasteiger partial charge in [-0.05, 0) is 25.5 Å². The van der Waals surface area contributed by atoms with Crippen LogP contribution in [0.2, 0.25) is 0 Å². The maximum atomic E-state index is 10.9. The van der Waals surface area contributed by atoms with E-state index in [1.165, 1.54) is 0 Å². The molecule has 1 fully saturated rings. The summed E-state index contributed by atoms with van der Waals surface area (Å²) in [5.74, 6) is -0.964. The molecule has 5 nitrogen and oxygen atoms in total. The zero-order valence-corrected chi connectivity index (χ0v) is 9.66. The molecule has 2 N–H and O–H groups in total. The summed E-state index contributed by atoms with van der Waals surface area (Å²) in [6.07, 6.45) is 2.18. The third kappa shape index (κ3) is 1.82. The number of rotatable bonds is 2. The van der Waals surface area contributed by atoms with Gasteiger partial charge in [0.25, 0.3) is 0 Å². The first kappa shape index (κ1) is 11.1. The Morgan fingerprint density at radius 3 is 2.94 bits per heavy atom. The van der Waals surface area contributed by atoms with Gasteiger partial charge in [-0.1, -0.05) is 6.92 Å². The van der Waals surface area contributed by atoms with E-state index in [1.54, 1.807) is 10.7 Å². The van der Waals surface area contributed by atoms with Crippen LogP contribution in [0.15, 0.2) is 6.07 Å². The van der Waals surface area contributed by atoms with Crippen molar-refractivity contribution in [2.24, 2.45) is 7.05 Å². The van der Waals surface area contributed by atoms with Crippen LogP contribution in [0.4, 0.5) is 0 Å². The molecule has 1 atom stereocenters. The van der Waals surface area contributed by atoms with Crippen molar-refractivity contribution < 1.29 is 9.90 Å². The molecule has 1 unspecified atom stereocenters. The lowest BCUT2D eigenvalue weighted by Gasteiger charge is -2.34. The fourth-order valence-corrected chi connectivity index (χ4v) is 2.41. The highest BCUT2D eigenvalue weighted by Gasteiger charge is 2.32. The molecule has 0 saturated carbocycles. The summed E-state index contributed by atoms with van der Waals surface area (Å²) in [4.78, 5) is 10.9. The maximum absolute atomic E-state index is 10.9. The van der Waals surface area contributed by atoms with E-state index in [2.05, 4.69) is 17.3 Å². The van der Waals surface area contributed by atoms with Gasteiger partial charge in [-0.2, -0.15) is 5.10 Å². The van der Waals surface area contributed by atoms with E-state index in [1.807, 2.05) is 7.05 Å². The van der Waals surface area contributed by atoms with Crippen molar-refractivity contribution in [3.05, 3.63) is 17.5 Å². The van der Waals surface area contributed by atoms with E-state index in [-0.39, 0.29) is 11.1 Å². The summed E-state index contributed by atoms with van der Waals surface area (Å²) in [7, 11) is 1.81. The van der Waals surface area contributed by atoms with Crippen LogP contribution in [0.1, 0.15) is 35.9 Å². The Balaban J connectivity index is 2.35. The number of aryl methyl sites for hydroxylation is 1. The fraction of sp³-hybridized carbons (Fsp3) is 0.636. The third-order valence-corrected chi connectivity index (χ3v) is 3.31. The van der Waals surface area contributed by atoms with E-state index in [9.17, 15) is 4.79 Å². The minimum atomic E-state index is -0.964. The highest BCUT2D eigenvalue weighted by Crippen LogP contribution is 2.30. The van der Waals surface area contributed by atoms with E-state index in [0.29, 0.717) is 0 Å². The highest BCUT2D eigenvalue weighted by molar-refractivity contribution is 5.85. The largest absolute Gasteiger partial charge is 0.476 e. The topological polar surface area (TPSA) is 67.2 Å². The first-order valence-electron chi connectivity index (χ1n) is 5.51. The van der Waals surface area contributed by atoms with Gasteiger partial charge >= 0.3 is 5.97 Å². The number of nitrogens with zero attached hydrogens (tertiary/aromatic N) is 2. The molecule has 0 aromatic carbocycles. The number of hydrogen-bond acceptors (Lipinski definition) is 3. The second-order valence-electron chi connectivity index (χ2n) is 4.68. The SMILES string of the molecule is Cn1nc(C(=O)O)cc1C1(C)CCCNC1. The zero-order valence-electron chi connectivity index (χ0n) is 9.66. The molecule has 5 heteroatoms. The van der Waals surface area contributed by atoms with Crippen molar-refractivity contribution in [1.29, 1.82) is 0 Å². The van der Waals surface area contributed by atoms with Crippen molar-refractivity contribution in [2.45, 2.75) is 25.2 Å². The van der Waals surface area contributed by atoms with Gasteiger partial charge in [-0.3, -0.25) is 4.68 Å². The van der Waals surface area contributed by atoms with Gasteiger partial charge in [-0.25, -0.2) is 4.79 Å². The minimum absolute atomic E-state index is 0.00625. The van der Waals surface area contributed by atoms with Crippen LogP contribution in [0.25, 0.3) is 0 Å². The molecule has 16 heavy (non-hydrogen) atoms. The number of piperidine rings is 1. The zero-order chi connectivity index (χ0) is 11.8. The Labute approximate surface area is 94.5 Å². The molecule has 1 aliphatic rings. The molecule has 0 aliphatic carbocycles. The molecule has 1 aromatic heterocycles. The van der Waals surface area contributed by atoms with Gasteiger partial charge in [0.15, 0.2) is 5.69 Å². The average Bonchev–Trinajstić information content (AvgIpc) is 2.62. The summed E-state index contributed by atoms with van der Waals surface area (Å²) in [5, 5.41) is 16.3. The van der Waals surface area contributed by atoms with Crippen LogP contribution < -0.4 is 5.32 Å². The van der Waals surface area contributed by atoms with Crippen LogP contribution in [-0.2, 0) is 12.5 Å².